The van der Waals surface area contributed by atoms with Crippen molar-refractivity contribution >= 4 is 49.9 Å². The van der Waals surface area contributed by atoms with Crippen LogP contribution in [-0.4, -0.2) is 9.97 Å². The summed E-state index contributed by atoms with van der Waals surface area (Å²) in [5.74, 6) is -1.96. The molecule has 1 N–H and O–H groups in total. The Morgan fingerprint density at radius 3 is 2.46 bits per heavy atom. The summed E-state index contributed by atoms with van der Waals surface area (Å²) < 4.78 is 52.9. The van der Waals surface area contributed by atoms with Gasteiger partial charge in [0.1, 0.15) is 11.6 Å². The molecule has 0 amide bonds. The van der Waals surface area contributed by atoms with Crippen LogP contribution in [0.15, 0.2) is 40.9 Å². The zero-order valence-corrected chi connectivity index (χ0v) is 14.0. The maximum atomic E-state index is 13.2. The van der Waals surface area contributed by atoms with Crippen molar-refractivity contribution in [3.8, 4) is 0 Å². The van der Waals surface area contributed by atoms with Crippen LogP contribution in [0, 0.1) is 5.82 Å². The van der Waals surface area contributed by atoms with E-state index in [9.17, 15) is 17.6 Å². The molecule has 24 heavy (non-hydrogen) atoms. The number of anilines is 2. The van der Waals surface area contributed by atoms with Crippen molar-refractivity contribution in [2.45, 2.75) is 6.18 Å². The second-order valence-corrected chi connectivity index (χ2v) is 6.13. The molecule has 0 saturated carbocycles. The van der Waals surface area contributed by atoms with Gasteiger partial charge in [-0.2, -0.15) is 13.2 Å². The van der Waals surface area contributed by atoms with Gasteiger partial charge in [0.15, 0.2) is 0 Å². The van der Waals surface area contributed by atoms with Gasteiger partial charge in [-0.25, -0.2) is 14.4 Å². The van der Waals surface area contributed by atoms with E-state index in [1.165, 1.54) is 18.2 Å². The third kappa shape index (κ3) is 3.44. The van der Waals surface area contributed by atoms with E-state index in [2.05, 4.69) is 31.2 Å². The highest BCUT2D eigenvalue weighted by Crippen LogP contribution is 2.33. The van der Waals surface area contributed by atoms with Crippen LogP contribution in [0.2, 0.25) is 5.02 Å². The van der Waals surface area contributed by atoms with Crippen molar-refractivity contribution in [3.05, 3.63) is 57.5 Å². The average molecular weight is 421 g/mol. The molecule has 3 aromatic rings. The first-order chi connectivity index (χ1) is 11.2. The molecular weight excluding hydrogens is 414 g/mol. The highest BCUT2D eigenvalue weighted by Gasteiger charge is 2.35. The number of fused-ring (bicyclic) bond motifs is 1. The SMILES string of the molecule is Fc1ccc(Nc2nc(C(F)(F)F)nc3ccc(Br)cc23)cc1Cl. The fourth-order valence-corrected chi connectivity index (χ4v) is 2.57. The van der Waals surface area contributed by atoms with E-state index in [-0.39, 0.29) is 16.4 Å². The van der Waals surface area contributed by atoms with E-state index in [1.807, 2.05) is 0 Å². The van der Waals surface area contributed by atoms with Gasteiger partial charge in [-0.3, -0.25) is 0 Å². The third-order valence-electron chi connectivity index (χ3n) is 3.09. The molecule has 0 radical (unpaired) electrons. The number of hydrogen-bond donors (Lipinski definition) is 1. The number of benzene rings is 2. The van der Waals surface area contributed by atoms with Crippen LogP contribution in [0.25, 0.3) is 10.9 Å². The number of alkyl halides is 3. The second-order valence-electron chi connectivity index (χ2n) is 4.81. The van der Waals surface area contributed by atoms with Gasteiger partial charge < -0.3 is 5.32 Å². The number of nitrogens with one attached hydrogen (secondary N) is 1. The summed E-state index contributed by atoms with van der Waals surface area (Å²) in [6, 6.07) is 8.32. The summed E-state index contributed by atoms with van der Waals surface area (Å²) in [6.45, 7) is 0. The monoisotopic (exact) mass is 419 g/mol. The largest absolute Gasteiger partial charge is 0.451 e. The highest BCUT2D eigenvalue weighted by atomic mass is 79.9. The second kappa shape index (κ2) is 6.18. The molecule has 0 bridgehead atoms. The maximum Gasteiger partial charge on any atom is 0.451 e. The summed E-state index contributed by atoms with van der Waals surface area (Å²) in [4.78, 5) is 7.09. The zero-order valence-electron chi connectivity index (χ0n) is 11.6. The molecule has 0 aliphatic rings. The predicted molar refractivity (Wildman–Crippen MR) is 86.9 cm³/mol. The van der Waals surface area contributed by atoms with Crippen molar-refractivity contribution in [1.29, 1.82) is 0 Å². The molecule has 0 atom stereocenters. The van der Waals surface area contributed by atoms with Crippen LogP contribution in [0.5, 0.6) is 0 Å². The fraction of sp³-hybridized carbons (Fsp3) is 0.0667. The van der Waals surface area contributed by atoms with Gasteiger partial charge in [0, 0.05) is 15.5 Å². The molecule has 0 aliphatic heterocycles. The Labute approximate surface area is 146 Å². The van der Waals surface area contributed by atoms with Crippen molar-refractivity contribution < 1.29 is 17.6 Å². The Morgan fingerprint density at radius 2 is 1.79 bits per heavy atom. The average Bonchev–Trinajstić information content (AvgIpc) is 2.50. The lowest BCUT2D eigenvalue weighted by Crippen LogP contribution is -2.12. The lowest BCUT2D eigenvalue weighted by Gasteiger charge is -2.13. The molecule has 1 heterocycles. The number of halogens is 6. The molecule has 0 unspecified atom stereocenters. The Morgan fingerprint density at radius 1 is 1.04 bits per heavy atom. The summed E-state index contributed by atoms with van der Waals surface area (Å²) in [7, 11) is 0. The van der Waals surface area contributed by atoms with Gasteiger partial charge >= 0.3 is 6.18 Å². The minimum Gasteiger partial charge on any atom is -0.340 e. The molecule has 1 aromatic heterocycles. The molecule has 0 fully saturated rings. The first-order valence-corrected chi connectivity index (χ1v) is 7.68. The molecule has 3 nitrogen and oxygen atoms in total. The van der Waals surface area contributed by atoms with Gasteiger partial charge in [-0.1, -0.05) is 27.5 Å². The van der Waals surface area contributed by atoms with Crippen molar-refractivity contribution in [2.75, 3.05) is 5.32 Å². The molecule has 3 rings (SSSR count). The number of hydrogen-bond acceptors (Lipinski definition) is 3. The van der Waals surface area contributed by atoms with Gasteiger partial charge in [-0.05, 0) is 36.4 Å². The lowest BCUT2D eigenvalue weighted by molar-refractivity contribution is -0.144. The molecule has 0 saturated heterocycles. The van der Waals surface area contributed by atoms with Crippen LogP contribution in [0.1, 0.15) is 5.82 Å². The van der Waals surface area contributed by atoms with Gasteiger partial charge in [-0.15, -0.1) is 0 Å². The topological polar surface area (TPSA) is 37.8 Å². The van der Waals surface area contributed by atoms with E-state index in [4.69, 9.17) is 11.6 Å². The summed E-state index contributed by atoms with van der Waals surface area (Å²) >= 11 is 8.95. The Hall–Kier alpha value is -1.93. The Balaban J connectivity index is 2.16. The summed E-state index contributed by atoms with van der Waals surface area (Å²) in [5, 5.41) is 2.95. The van der Waals surface area contributed by atoms with Crippen LogP contribution >= 0.6 is 27.5 Å². The lowest BCUT2D eigenvalue weighted by atomic mass is 10.2. The molecule has 9 heteroatoms. The van der Waals surface area contributed by atoms with Crippen molar-refractivity contribution in [2.24, 2.45) is 0 Å². The summed E-state index contributed by atoms with van der Waals surface area (Å²) in [5.41, 5.74) is 0.422. The molecule has 124 valence electrons. The van der Waals surface area contributed by atoms with Gasteiger partial charge in [0.05, 0.1) is 10.5 Å². The number of nitrogens with zero attached hydrogens (tertiary/aromatic N) is 2. The van der Waals surface area contributed by atoms with E-state index in [0.717, 1.165) is 6.07 Å². The minimum atomic E-state index is -4.70. The smallest absolute Gasteiger partial charge is 0.340 e. The standard InChI is InChI=1S/C15H7BrClF4N3/c16-7-1-4-12-9(5-7)13(24-14(23-12)15(19,20)21)22-8-2-3-11(18)10(17)6-8/h1-6H,(H,22,23,24). The van der Waals surface area contributed by atoms with Gasteiger partial charge in [0.25, 0.3) is 0 Å². The van der Waals surface area contributed by atoms with Crippen LogP contribution in [0.3, 0.4) is 0 Å². The van der Waals surface area contributed by atoms with Crippen molar-refractivity contribution in [1.82, 2.24) is 9.97 Å². The first kappa shape index (κ1) is 16.9. The third-order valence-corrected chi connectivity index (χ3v) is 3.88. The number of rotatable bonds is 2. The molecular formula is C15H7BrClF4N3. The van der Waals surface area contributed by atoms with E-state index >= 15 is 0 Å². The van der Waals surface area contributed by atoms with E-state index in [1.54, 1.807) is 12.1 Å². The predicted octanol–water partition coefficient (Wildman–Crippen LogP) is 5.95. The highest BCUT2D eigenvalue weighted by molar-refractivity contribution is 9.10. The summed E-state index contributed by atoms with van der Waals surface area (Å²) in [6.07, 6.45) is -4.70. The molecule has 0 spiro atoms. The quantitative estimate of drug-likeness (QED) is 0.521. The van der Waals surface area contributed by atoms with E-state index < -0.39 is 17.8 Å². The maximum absolute atomic E-state index is 13.2. The Bertz CT molecular complexity index is 930. The van der Waals surface area contributed by atoms with Crippen molar-refractivity contribution in [3.63, 3.8) is 0 Å². The first-order valence-electron chi connectivity index (χ1n) is 6.50. The molecule has 2 aromatic carbocycles. The van der Waals surface area contributed by atoms with E-state index in [0.29, 0.717) is 15.5 Å². The van der Waals surface area contributed by atoms with Crippen LogP contribution in [0.4, 0.5) is 29.1 Å². The van der Waals surface area contributed by atoms with Gasteiger partial charge in [0.2, 0.25) is 5.82 Å². The minimum absolute atomic E-state index is 0.0590. The van der Waals surface area contributed by atoms with Crippen LogP contribution < -0.4 is 5.32 Å². The normalized spacial score (nSPS) is 11.8. The van der Waals surface area contributed by atoms with Crippen LogP contribution in [-0.2, 0) is 6.18 Å². The number of aromatic nitrogens is 2. The fourth-order valence-electron chi connectivity index (χ4n) is 2.03. The zero-order chi connectivity index (χ0) is 17.5. The Kier molecular flexibility index (Phi) is 4.35. The molecule has 0 aliphatic carbocycles.